The van der Waals surface area contributed by atoms with Crippen molar-refractivity contribution in [3.05, 3.63) is 41.4 Å². The fraction of sp³-hybridized carbons (Fsp3) is 0.312. The van der Waals surface area contributed by atoms with E-state index in [9.17, 15) is 4.21 Å². The van der Waals surface area contributed by atoms with Crippen LogP contribution in [0.2, 0.25) is 5.28 Å². The summed E-state index contributed by atoms with van der Waals surface area (Å²) in [6.45, 7) is 4.19. The minimum Gasteiger partial charge on any atom is -0.282 e. The summed E-state index contributed by atoms with van der Waals surface area (Å²) < 4.78 is 18.1. The fourth-order valence-electron chi connectivity index (χ4n) is 2.47. The first-order chi connectivity index (χ1) is 11.2. The number of nitrogens with zero attached hydrogens (tertiary/aromatic N) is 5. The third-order valence-electron chi connectivity index (χ3n) is 3.39. The number of aromatic nitrogens is 4. The van der Waals surface area contributed by atoms with Crippen LogP contribution in [-0.4, -0.2) is 36.2 Å². The summed E-state index contributed by atoms with van der Waals surface area (Å²) in [5.74, 6) is 1.34. The molecule has 0 N–H and O–H groups in total. The summed E-state index contributed by atoms with van der Waals surface area (Å²) in [7, 11) is -2.28. The van der Waals surface area contributed by atoms with E-state index < -0.39 is 9.73 Å². The van der Waals surface area contributed by atoms with E-state index in [1.807, 2.05) is 22.8 Å². The van der Waals surface area contributed by atoms with Gasteiger partial charge in [-0.2, -0.15) is 9.35 Å². The van der Waals surface area contributed by atoms with Crippen molar-refractivity contribution in [2.24, 2.45) is 4.36 Å². The SMILES string of the molecule is CC(C)c1cc2cnc(Cl)nc2n1-c1cccc(N=S(C)(C)=O)n1. The monoisotopic (exact) mass is 363 g/mol. The van der Waals surface area contributed by atoms with Crippen LogP contribution in [0.3, 0.4) is 0 Å². The molecule has 8 heteroatoms. The molecule has 0 radical (unpaired) electrons. The predicted octanol–water partition coefficient (Wildman–Crippen LogP) is 3.95. The van der Waals surface area contributed by atoms with Crippen LogP contribution in [0, 0.1) is 0 Å². The highest BCUT2D eigenvalue weighted by molar-refractivity contribution is 7.92. The van der Waals surface area contributed by atoms with Crippen LogP contribution in [0.25, 0.3) is 16.9 Å². The Morgan fingerprint density at radius 2 is 2.00 bits per heavy atom. The summed E-state index contributed by atoms with van der Waals surface area (Å²) in [5.41, 5.74) is 1.73. The highest BCUT2D eigenvalue weighted by Crippen LogP contribution is 2.28. The lowest BCUT2D eigenvalue weighted by molar-refractivity contribution is 0.684. The molecule has 0 fully saturated rings. The summed E-state index contributed by atoms with van der Waals surface area (Å²) in [5, 5.41) is 1.07. The minimum absolute atomic E-state index is 0.183. The van der Waals surface area contributed by atoms with Gasteiger partial charge >= 0.3 is 0 Å². The summed E-state index contributed by atoms with van der Waals surface area (Å²) in [6, 6.07) is 7.47. The molecule has 0 unspecified atom stereocenters. The second-order valence-electron chi connectivity index (χ2n) is 6.10. The maximum absolute atomic E-state index is 11.9. The number of hydrogen-bond acceptors (Lipinski definition) is 5. The van der Waals surface area contributed by atoms with Crippen LogP contribution in [0.5, 0.6) is 0 Å². The number of hydrogen-bond donors (Lipinski definition) is 0. The molecule has 0 bridgehead atoms. The average molecular weight is 364 g/mol. The van der Waals surface area contributed by atoms with Gasteiger partial charge in [-0.25, -0.2) is 14.2 Å². The highest BCUT2D eigenvalue weighted by atomic mass is 35.5. The van der Waals surface area contributed by atoms with Gasteiger partial charge < -0.3 is 0 Å². The van der Waals surface area contributed by atoms with Gasteiger partial charge in [-0.3, -0.25) is 4.57 Å². The zero-order chi connectivity index (χ0) is 17.5. The average Bonchev–Trinajstić information content (AvgIpc) is 2.84. The van der Waals surface area contributed by atoms with Gasteiger partial charge in [0.2, 0.25) is 5.28 Å². The highest BCUT2D eigenvalue weighted by Gasteiger charge is 2.16. The topological polar surface area (TPSA) is 73.0 Å². The molecule has 0 aliphatic rings. The Balaban J connectivity index is 2.29. The number of pyridine rings is 1. The van der Waals surface area contributed by atoms with Gasteiger partial charge in [0.1, 0.15) is 5.82 Å². The summed E-state index contributed by atoms with van der Waals surface area (Å²) >= 11 is 5.97. The predicted molar refractivity (Wildman–Crippen MR) is 97.8 cm³/mol. The Bertz CT molecular complexity index is 1030. The first-order valence-electron chi connectivity index (χ1n) is 7.43. The molecule has 126 valence electrons. The van der Waals surface area contributed by atoms with Crippen molar-refractivity contribution in [2.45, 2.75) is 19.8 Å². The Hall–Kier alpha value is -1.99. The first-order valence-corrected chi connectivity index (χ1v) is 10.1. The number of rotatable bonds is 3. The van der Waals surface area contributed by atoms with Crippen LogP contribution < -0.4 is 0 Å². The molecule has 0 spiro atoms. The third-order valence-corrected chi connectivity index (χ3v) is 4.20. The quantitative estimate of drug-likeness (QED) is 0.660. The van der Waals surface area contributed by atoms with Crippen LogP contribution in [-0.2, 0) is 9.73 Å². The summed E-state index contributed by atoms with van der Waals surface area (Å²) in [4.78, 5) is 12.9. The molecule has 0 aromatic carbocycles. The molecule has 0 aliphatic heterocycles. The second kappa shape index (κ2) is 6.14. The van der Waals surface area contributed by atoms with Crippen molar-refractivity contribution in [3.8, 4) is 5.82 Å². The van der Waals surface area contributed by atoms with E-state index in [-0.39, 0.29) is 11.2 Å². The Morgan fingerprint density at radius 1 is 1.25 bits per heavy atom. The van der Waals surface area contributed by atoms with Crippen LogP contribution in [0.4, 0.5) is 5.82 Å². The Kier molecular flexibility index (Phi) is 4.31. The molecule has 6 nitrogen and oxygen atoms in total. The van der Waals surface area contributed by atoms with Gasteiger partial charge in [0.25, 0.3) is 0 Å². The number of fused-ring (bicyclic) bond motifs is 1. The van der Waals surface area contributed by atoms with Gasteiger partial charge in [0.15, 0.2) is 11.5 Å². The molecule has 3 aromatic heterocycles. The zero-order valence-corrected chi connectivity index (χ0v) is 15.5. The largest absolute Gasteiger partial charge is 0.282 e. The second-order valence-corrected chi connectivity index (χ2v) is 8.99. The molecule has 0 saturated heterocycles. The third kappa shape index (κ3) is 3.42. The van der Waals surface area contributed by atoms with Crippen molar-refractivity contribution in [3.63, 3.8) is 0 Å². The summed E-state index contributed by atoms with van der Waals surface area (Å²) in [6.07, 6.45) is 4.87. The molecule has 3 heterocycles. The van der Waals surface area contributed by atoms with Crippen molar-refractivity contribution in [2.75, 3.05) is 12.5 Å². The van der Waals surface area contributed by atoms with Crippen LogP contribution >= 0.6 is 11.6 Å². The minimum atomic E-state index is -2.28. The van der Waals surface area contributed by atoms with Crippen LogP contribution in [0.15, 0.2) is 34.8 Å². The Morgan fingerprint density at radius 3 is 2.67 bits per heavy atom. The lowest BCUT2D eigenvalue weighted by Gasteiger charge is -2.12. The van der Waals surface area contributed by atoms with Gasteiger partial charge in [0, 0.05) is 39.5 Å². The fourth-order valence-corrected chi connectivity index (χ4v) is 3.15. The van der Waals surface area contributed by atoms with Crippen molar-refractivity contribution >= 4 is 38.2 Å². The van der Waals surface area contributed by atoms with Gasteiger partial charge in [-0.1, -0.05) is 19.9 Å². The van der Waals surface area contributed by atoms with E-state index in [0.29, 0.717) is 17.3 Å². The normalized spacial score (nSPS) is 12.1. The first kappa shape index (κ1) is 16.9. The van der Waals surface area contributed by atoms with Crippen molar-refractivity contribution in [1.29, 1.82) is 0 Å². The Labute approximate surface area is 146 Å². The van der Waals surface area contributed by atoms with E-state index in [0.717, 1.165) is 11.1 Å². The maximum Gasteiger partial charge on any atom is 0.224 e. The molecular formula is C16H18ClN5OS. The molecule has 0 atom stereocenters. The van der Waals surface area contributed by atoms with E-state index in [2.05, 4.69) is 33.2 Å². The molecule has 3 aromatic rings. The van der Waals surface area contributed by atoms with E-state index in [1.54, 1.807) is 24.8 Å². The molecule has 24 heavy (non-hydrogen) atoms. The van der Waals surface area contributed by atoms with Gasteiger partial charge in [-0.15, -0.1) is 0 Å². The van der Waals surface area contributed by atoms with Gasteiger partial charge in [0.05, 0.1) is 0 Å². The van der Waals surface area contributed by atoms with Gasteiger partial charge in [-0.05, 0) is 35.7 Å². The van der Waals surface area contributed by atoms with E-state index in [4.69, 9.17) is 11.6 Å². The van der Waals surface area contributed by atoms with Crippen molar-refractivity contribution < 1.29 is 4.21 Å². The van der Waals surface area contributed by atoms with Crippen molar-refractivity contribution in [1.82, 2.24) is 19.5 Å². The zero-order valence-electron chi connectivity index (χ0n) is 13.9. The molecule has 0 saturated carbocycles. The lowest BCUT2D eigenvalue weighted by Crippen LogP contribution is -2.05. The maximum atomic E-state index is 11.9. The van der Waals surface area contributed by atoms with E-state index in [1.165, 1.54) is 0 Å². The molecule has 0 aliphatic carbocycles. The molecule has 3 rings (SSSR count). The van der Waals surface area contributed by atoms with Crippen LogP contribution in [0.1, 0.15) is 25.5 Å². The number of halogens is 1. The molecular weight excluding hydrogens is 346 g/mol. The van der Waals surface area contributed by atoms with E-state index >= 15 is 0 Å². The standard InChI is InChI=1S/C16H18ClN5OS/c1-10(2)12-8-11-9-18-16(17)20-15(11)22(12)14-7-5-6-13(19-14)21-24(3,4)23/h5-10H,1-4H3. The molecule has 0 amide bonds. The smallest absolute Gasteiger partial charge is 0.224 e. The lowest BCUT2D eigenvalue weighted by atomic mass is 10.1.